The molecule has 0 bridgehead atoms. The minimum Gasteiger partial charge on any atom is -0.497 e. The lowest BCUT2D eigenvalue weighted by atomic mass is 10.1. The van der Waals surface area contributed by atoms with Crippen LogP contribution in [0.1, 0.15) is 10.4 Å². The van der Waals surface area contributed by atoms with Gasteiger partial charge in [0.1, 0.15) is 16.4 Å². The van der Waals surface area contributed by atoms with E-state index in [9.17, 15) is 13.2 Å². The van der Waals surface area contributed by atoms with Gasteiger partial charge in [0, 0.05) is 16.5 Å². The van der Waals surface area contributed by atoms with Gasteiger partial charge in [-0.1, -0.05) is 6.07 Å². The van der Waals surface area contributed by atoms with E-state index in [1.807, 2.05) is 31.2 Å². The number of thiazole rings is 1. The highest BCUT2D eigenvalue weighted by atomic mass is 32.2. The molecular formula is C22H23N3O5S2. The second-order valence-corrected chi connectivity index (χ2v) is 9.65. The number of methoxy groups -OCH3 is 2. The number of carbonyl (C=O) groups is 1. The van der Waals surface area contributed by atoms with Crippen LogP contribution in [0.2, 0.25) is 0 Å². The maximum Gasteiger partial charge on any atom is 0.250 e. The molecule has 32 heavy (non-hydrogen) atoms. The summed E-state index contributed by atoms with van der Waals surface area (Å²) in [7, 11) is 0.611. The highest BCUT2D eigenvalue weighted by Gasteiger charge is 2.18. The van der Waals surface area contributed by atoms with Crippen molar-refractivity contribution in [1.29, 1.82) is 0 Å². The van der Waals surface area contributed by atoms with Crippen LogP contribution in [0, 0.1) is 6.92 Å². The highest BCUT2D eigenvalue weighted by molar-refractivity contribution is 7.89. The van der Waals surface area contributed by atoms with Gasteiger partial charge in [-0.15, -0.1) is 11.3 Å². The molecular weight excluding hydrogens is 450 g/mol. The molecule has 0 aliphatic heterocycles. The largest absolute Gasteiger partial charge is 0.497 e. The van der Waals surface area contributed by atoms with Gasteiger partial charge in [-0.3, -0.25) is 10.1 Å². The minimum absolute atomic E-state index is 0.00950. The Kier molecular flexibility index (Phi) is 7.29. The Hall–Kier alpha value is -3.21. The first-order valence-corrected chi connectivity index (χ1v) is 11.8. The van der Waals surface area contributed by atoms with Gasteiger partial charge in [0.25, 0.3) is 0 Å². The van der Waals surface area contributed by atoms with Crippen LogP contribution in [0.25, 0.3) is 17.3 Å². The Morgan fingerprint density at radius 3 is 2.44 bits per heavy atom. The van der Waals surface area contributed by atoms with Crippen LogP contribution in [0.4, 0.5) is 5.13 Å². The zero-order valence-electron chi connectivity index (χ0n) is 18.0. The van der Waals surface area contributed by atoms with Crippen molar-refractivity contribution in [2.75, 3.05) is 26.6 Å². The summed E-state index contributed by atoms with van der Waals surface area (Å²) in [5, 5.41) is 3.21. The maximum absolute atomic E-state index is 12.4. The molecule has 3 aromatic rings. The van der Waals surface area contributed by atoms with E-state index in [2.05, 4.69) is 15.0 Å². The molecule has 168 valence electrons. The number of nitrogens with one attached hydrogen (secondary N) is 2. The zero-order valence-corrected chi connectivity index (χ0v) is 19.6. The predicted molar refractivity (Wildman–Crippen MR) is 126 cm³/mol. The molecule has 2 aromatic carbocycles. The molecule has 0 aliphatic rings. The standard InChI is InChI=1S/C22H23N3O5S2/c1-14-21(16-7-9-17(29-3)10-8-16)25-22(31-14)24-20(26)12-6-15-5-11-18(30-4)19(13-15)32(27,28)23-2/h5-13,23H,1-4H3,(H,24,25,26). The number of aryl methyl sites for hydroxylation is 1. The van der Waals surface area contributed by atoms with Gasteiger partial charge < -0.3 is 9.47 Å². The van der Waals surface area contributed by atoms with Gasteiger partial charge >= 0.3 is 0 Å². The summed E-state index contributed by atoms with van der Waals surface area (Å²) in [5.74, 6) is 0.587. The van der Waals surface area contributed by atoms with Crippen LogP contribution in [-0.2, 0) is 14.8 Å². The molecule has 2 N–H and O–H groups in total. The van der Waals surface area contributed by atoms with E-state index < -0.39 is 10.0 Å². The van der Waals surface area contributed by atoms with Crippen molar-refractivity contribution >= 4 is 38.5 Å². The van der Waals surface area contributed by atoms with Crippen LogP contribution in [0.15, 0.2) is 53.4 Å². The fourth-order valence-corrected chi connectivity index (χ4v) is 4.67. The summed E-state index contributed by atoms with van der Waals surface area (Å²) in [4.78, 5) is 17.9. The van der Waals surface area contributed by atoms with Crippen molar-refractivity contribution in [3.8, 4) is 22.8 Å². The van der Waals surface area contributed by atoms with E-state index in [4.69, 9.17) is 9.47 Å². The number of hydrogen-bond acceptors (Lipinski definition) is 7. The third-order valence-corrected chi connectivity index (χ3v) is 6.89. The van der Waals surface area contributed by atoms with Crippen molar-refractivity contribution in [3.63, 3.8) is 0 Å². The summed E-state index contributed by atoms with van der Waals surface area (Å²) in [6.07, 6.45) is 2.84. The van der Waals surface area contributed by atoms with Gasteiger partial charge in [-0.25, -0.2) is 18.1 Å². The number of sulfonamides is 1. The fourth-order valence-electron chi connectivity index (χ4n) is 2.90. The SMILES string of the molecule is CNS(=O)(=O)c1cc(C=CC(=O)Nc2nc(-c3ccc(OC)cc3)c(C)s2)ccc1OC. The van der Waals surface area contributed by atoms with Crippen molar-refractivity contribution in [2.45, 2.75) is 11.8 Å². The molecule has 1 aromatic heterocycles. The molecule has 0 atom stereocenters. The average Bonchev–Trinajstić information content (AvgIpc) is 3.17. The normalized spacial score (nSPS) is 11.5. The number of amides is 1. The predicted octanol–water partition coefficient (Wildman–Crippen LogP) is 3.70. The van der Waals surface area contributed by atoms with Crippen LogP contribution in [0.3, 0.4) is 0 Å². The van der Waals surface area contributed by atoms with Crippen LogP contribution < -0.4 is 19.5 Å². The third kappa shape index (κ3) is 5.34. The van der Waals surface area contributed by atoms with Gasteiger partial charge in [-0.05, 0) is 62.0 Å². The van der Waals surface area contributed by atoms with E-state index in [0.717, 1.165) is 21.9 Å². The molecule has 10 heteroatoms. The van der Waals surface area contributed by atoms with Gasteiger partial charge in [-0.2, -0.15) is 0 Å². The van der Waals surface area contributed by atoms with Gasteiger partial charge in [0.2, 0.25) is 15.9 Å². The molecule has 0 saturated carbocycles. The lowest BCUT2D eigenvalue weighted by Crippen LogP contribution is -2.19. The number of benzene rings is 2. The van der Waals surface area contributed by atoms with Crippen molar-refractivity contribution in [1.82, 2.24) is 9.71 Å². The molecule has 1 heterocycles. The smallest absolute Gasteiger partial charge is 0.250 e. The first-order valence-electron chi connectivity index (χ1n) is 9.50. The second kappa shape index (κ2) is 9.94. The molecule has 0 fully saturated rings. The minimum atomic E-state index is -3.71. The maximum atomic E-state index is 12.4. The van der Waals surface area contributed by atoms with Crippen LogP contribution in [0.5, 0.6) is 11.5 Å². The second-order valence-electron chi connectivity index (χ2n) is 6.59. The van der Waals surface area contributed by atoms with Crippen molar-refractivity contribution in [2.24, 2.45) is 0 Å². The third-order valence-electron chi connectivity index (χ3n) is 4.56. The number of carbonyl (C=O) groups excluding carboxylic acids is 1. The van der Waals surface area contributed by atoms with Gasteiger partial charge in [0.15, 0.2) is 5.13 Å². The molecule has 0 spiro atoms. The Bertz CT molecular complexity index is 1250. The molecule has 0 aliphatic carbocycles. The number of hydrogen-bond donors (Lipinski definition) is 2. The quantitative estimate of drug-likeness (QED) is 0.483. The molecule has 0 saturated heterocycles. The Labute approximate surface area is 191 Å². The van der Waals surface area contributed by atoms with Crippen molar-refractivity contribution < 1.29 is 22.7 Å². The molecule has 8 nitrogen and oxygen atoms in total. The van der Waals surface area contributed by atoms with Crippen molar-refractivity contribution in [3.05, 3.63) is 59.0 Å². The average molecular weight is 474 g/mol. The summed E-state index contributed by atoms with van der Waals surface area (Å²) in [6.45, 7) is 1.93. The molecule has 1 amide bonds. The zero-order chi connectivity index (χ0) is 23.3. The number of ether oxygens (including phenoxy) is 2. The van der Waals surface area contributed by atoms with E-state index in [-0.39, 0.29) is 16.6 Å². The summed E-state index contributed by atoms with van der Waals surface area (Å²) in [5.41, 5.74) is 2.24. The fraction of sp³-hybridized carbons (Fsp3) is 0.182. The van der Waals surface area contributed by atoms with E-state index in [1.165, 1.54) is 49.8 Å². The first-order chi connectivity index (χ1) is 15.3. The number of nitrogens with zero attached hydrogens (tertiary/aromatic N) is 1. The Balaban J connectivity index is 1.75. The van der Waals surface area contributed by atoms with E-state index >= 15 is 0 Å². The number of anilines is 1. The summed E-state index contributed by atoms with van der Waals surface area (Å²) in [6, 6.07) is 12.2. The molecule has 3 rings (SSSR count). The van der Waals surface area contributed by atoms with E-state index in [0.29, 0.717) is 10.7 Å². The summed E-state index contributed by atoms with van der Waals surface area (Å²) >= 11 is 1.37. The Morgan fingerprint density at radius 2 is 1.81 bits per heavy atom. The number of aromatic nitrogens is 1. The first kappa shape index (κ1) is 23.5. The van der Waals surface area contributed by atoms with Gasteiger partial charge in [0.05, 0.1) is 19.9 Å². The summed E-state index contributed by atoms with van der Waals surface area (Å²) < 4.78 is 36.9. The lowest BCUT2D eigenvalue weighted by molar-refractivity contribution is -0.111. The van der Waals surface area contributed by atoms with E-state index in [1.54, 1.807) is 13.2 Å². The topological polar surface area (TPSA) is 107 Å². The number of rotatable bonds is 8. The monoisotopic (exact) mass is 473 g/mol. The molecule has 0 unspecified atom stereocenters. The Morgan fingerprint density at radius 1 is 1.09 bits per heavy atom. The molecule has 0 radical (unpaired) electrons. The van der Waals surface area contributed by atoms with Crippen LogP contribution >= 0.6 is 11.3 Å². The highest BCUT2D eigenvalue weighted by Crippen LogP contribution is 2.31. The lowest BCUT2D eigenvalue weighted by Gasteiger charge is -2.09. The van der Waals surface area contributed by atoms with Crippen LogP contribution in [-0.4, -0.2) is 40.6 Å².